The van der Waals surface area contributed by atoms with Crippen LogP contribution in [0.15, 0.2) is 34.9 Å². The Morgan fingerprint density at radius 1 is 1.18 bits per heavy atom. The Labute approximate surface area is 236 Å². The Bertz CT molecular complexity index is 1590. The highest BCUT2D eigenvalue weighted by molar-refractivity contribution is 7.22. The fraction of sp³-hybridized carbons (Fsp3) is 0.370. The molecule has 1 unspecified atom stereocenters. The van der Waals surface area contributed by atoms with Gasteiger partial charge in [0.15, 0.2) is 17.2 Å². The van der Waals surface area contributed by atoms with E-state index in [1.54, 1.807) is 18.2 Å². The van der Waals surface area contributed by atoms with E-state index >= 15 is 0 Å². The van der Waals surface area contributed by atoms with Crippen molar-refractivity contribution < 1.29 is 28.3 Å². The number of aromatic nitrogens is 2. The molecule has 2 aromatic carbocycles. The highest BCUT2D eigenvalue weighted by Gasteiger charge is 2.48. The van der Waals surface area contributed by atoms with Gasteiger partial charge in [0.1, 0.15) is 17.0 Å². The maximum Gasteiger partial charge on any atom is 0.335 e. The van der Waals surface area contributed by atoms with Crippen molar-refractivity contribution in [2.24, 2.45) is 0 Å². The lowest BCUT2D eigenvalue weighted by Crippen LogP contribution is -2.46. The van der Waals surface area contributed by atoms with Crippen molar-refractivity contribution in [1.29, 1.82) is 0 Å². The van der Waals surface area contributed by atoms with Gasteiger partial charge in [-0.05, 0) is 49.9 Å². The van der Waals surface area contributed by atoms with Gasteiger partial charge in [0.25, 0.3) is 0 Å². The fourth-order valence-corrected chi connectivity index (χ4v) is 7.00. The van der Waals surface area contributed by atoms with Crippen molar-refractivity contribution >= 4 is 55.9 Å². The number of hydrogen-bond acceptors (Lipinski definition) is 8. The van der Waals surface area contributed by atoms with Crippen molar-refractivity contribution in [2.75, 3.05) is 24.6 Å². The van der Waals surface area contributed by atoms with Crippen LogP contribution >= 0.6 is 34.5 Å². The number of anilines is 1. The van der Waals surface area contributed by atoms with E-state index in [0.29, 0.717) is 63.7 Å². The predicted molar refractivity (Wildman–Crippen MR) is 144 cm³/mol. The Balaban J connectivity index is 1.12. The first-order chi connectivity index (χ1) is 18.8. The van der Waals surface area contributed by atoms with Gasteiger partial charge in [-0.3, -0.25) is 0 Å². The van der Waals surface area contributed by atoms with Gasteiger partial charge in [-0.25, -0.2) is 14.2 Å². The molecule has 2 aromatic heterocycles. The van der Waals surface area contributed by atoms with E-state index in [9.17, 15) is 14.3 Å². The van der Waals surface area contributed by atoms with Crippen molar-refractivity contribution in [2.45, 2.75) is 43.5 Å². The van der Waals surface area contributed by atoms with Gasteiger partial charge < -0.3 is 24.0 Å². The van der Waals surface area contributed by atoms with Crippen LogP contribution in [0.2, 0.25) is 10.0 Å². The first kappa shape index (κ1) is 25.2. The molecule has 8 nitrogen and oxygen atoms in total. The summed E-state index contributed by atoms with van der Waals surface area (Å²) in [6.45, 7) is 1.67. The molecule has 4 heterocycles. The summed E-state index contributed by atoms with van der Waals surface area (Å²) < 4.78 is 33.7. The lowest BCUT2D eigenvalue weighted by Gasteiger charge is -2.37. The number of hydrogen-bond donors (Lipinski definition) is 1. The molecule has 3 fully saturated rings. The molecule has 0 bridgehead atoms. The van der Waals surface area contributed by atoms with Crippen molar-refractivity contribution in [3.05, 3.63) is 63.1 Å². The molecule has 0 radical (unpaired) electrons. The van der Waals surface area contributed by atoms with Crippen LogP contribution < -0.4 is 4.90 Å². The molecule has 0 amide bonds. The second-order valence-electron chi connectivity index (χ2n) is 10.2. The summed E-state index contributed by atoms with van der Waals surface area (Å²) in [5, 5.41) is 15.2. The number of rotatable bonds is 5. The first-order valence-corrected chi connectivity index (χ1v) is 14.2. The third-order valence-corrected chi connectivity index (χ3v) is 9.32. The smallest absolute Gasteiger partial charge is 0.335 e. The summed E-state index contributed by atoms with van der Waals surface area (Å²) in [5.41, 5.74) is 1.49. The van der Waals surface area contributed by atoms with Crippen molar-refractivity contribution in [1.82, 2.24) is 10.1 Å². The number of halogens is 3. The third-order valence-electron chi connectivity index (χ3n) is 7.62. The van der Waals surface area contributed by atoms with E-state index in [0.717, 1.165) is 30.2 Å². The minimum Gasteiger partial charge on any atom is -0.478 e. The average molecular weight is 590 g/mol. The highest BCUT2D eigenvalue weighted by atomic mass is 35.5. The van der Waals surface area contributed by atoms with E-state index < -0.39 is 23.7 Å². The monoisotopic (exact) mass is 589 g/mol. The van der Waals surface area contributed by atoms with Crippen LogP contribution in [-0.4, -0.2) is 46.5 Å². The fourth-order valence-electron chi connectivity index (χ4n) is 5.35. The quantitative estimate of drug-likeness (QED) is 0.264. The summed E-state index contributed by atoms with van der Waals surface area (Å²) in [7, 11) is 0. The zero-order valence-corrected chi connectivity index (χ0v) is 22.8. The Morgan fingerprint density at radius 3 is 2.62 bits per heavy atom. The molecule has 3 aliphatic rings. The minimum atomic E-state index is -1.17. The van der Waals surface area contributed by atoms with Crippen LogP contribution in [0.3, 0.4) is 0 Å². The van der Waals surface area contributed by atoms with Crippen LogP contribution in [0.4, 0.5) is 9.52 Å². The molecule has 1 atom stereocenters. The number of ether oxygens (including phenoxy) is 2. The first-order valence-electron chi connectivity index (χ1n) is 12.6. The van der Waals surface area contributed by atoms with Crippen LogP contribution in [0.5, 0.6) is 0 Å². The van der Waals surface area contributed by atoms with Crippen molar-refractivity contribution in [3.8, 4) is 11.3 Å². The van der Waals surface area contributed by atoms with E-state index in [4.69, 9.17) is 37.2 Å². The summed E-state index contributed by atoms with van der Waals surface area (Å²) in [5.74, 6) is -0.769. The number of piperidine rings is 1. The Kier molecular flexibility index (Phi) is 6.09. The molecule has 1 spiro atoms. The molecule has 39 heavy (non-hydrogen) atoms. The summed E-state index contributed by atoms with van der Waals surface area (Å²) in [6, 6.07) is 7.79. The number of aromatic carboxylic acids is 1. The molecule has 1 saturated carbocycles. The molecule has 2 aliphatic heterocycles. The number of carboxylic acids is 1. The Hall–Kier alpha value is -2.76. The summed E-state index contributed by atoms with van der Waals surface area (Å²) in [6.07, 6.45) is 2.72. The number of carbonyl (C=O) groups is 1. The number of thiazole rings is 1. The van der Waals surface area contributed by atoms with Crippen molar-refractivity contribution in [3.63, 3.8) is 0 Å². The molecular weight excluding hydrogens is 568 g/mol. The van der Waals surface area contributed by atoms with Crippen LogP contribution in [0.25, 0.3) is 21.5 Å². The second-order valence-corrected chi connectivity index (χ2v) is 12.0. The highest BCUT2D eigenvalue weighted by Crippen LogP contribution is 2.51. The Morgan fingerprint density at radius 2 is 1.92 bits per heavy atom. The molecule has 1 N–H and O–H groups in total. The lowest BCUT2D eigenvalue weighted by molar-refractivity contribution is -0.0994. The zero-order valence-electron chi connectivity index (χ0n) is 20.5. The van der Waals surface area contributed by atoms with E-state index in [1.165, 1.54) is 17.4 Å². The molecule has 1 aliphatic carbocycles. The zero-order chi connectivity index (χ0) is 26.9. The number of nitrogens with zero attached hydrogens (tertiary/aromatic N) is 3. The van der Waals surface area contributed by atoms with Gasteiger partial charge in [-0.15, -0.1) is 0 Å². The minimum absolute atomic E-state index is 0.0907. The predicted octanol–water partition coefficient (Wildman–Crippen LogP) is 7.06. The topological polar surface area (TPSA) is 97.9 Å². The van der Waals surface area contributed by atoms with E-state index in [-0.39, 0.29) is 17.0 Å². The molecule has 12 heteroatoms. The molecule has 202 valence electrons. The molecule has 2 saturated heterocycles. The van der Waals surface area contributed by atoms with Crippen LogP contribution in [0.1, 0.15) is 59.6 Å². The third kappa shape index (κ3) is 4.38. The second kappa shape index (κ2) is 9.42. The largest absolute Gasteiger partial charge is 0.478 e. The van der Waals surface area contributed by atoms with Gasteiger partial charge in [-0.1, -0.05) is 45.8 Å². The number of carboxylic acid groups (broad SMARTS) is 1. The van der Waals surface area contributed by atoms with Gasteiger partial charge in [0.05, 0.1) is 38.1 Å². The van der Waals surface area contributed by atoms with E-state index in [1.807, 2.05) is 0 Å². The summed E-state index contributed by atoms with van der Waals surface area (Å²) >= 11 is 14.3. The normalized spacial score (nSPS) is 20.8. The van der Waals surface area contributed by atoms with Crippen LogP contribution in [0, 0.1) is 5.82 Å². The average Bonchev–Trinajstić information content (AvgIpc) is 3.32. The SMILES string of the molecule is O=C(O)c1cc(F)c2nc(N3CCC4(CC3)COC(c3c(-c5c(Cl)cccc5Cl)noc3C3CC3)O4)sc2c1. The molecular formula is C27H22Cl2FN3O5S. The summed E-state index contributed by atoms with van der Waals surface area (Å²) in [4.78, 5) is 17.9. The van der Waals surface area contributed by atoms with Crippen LogP contribution in [-0.2, 0) is 9.47 Å². The molecule has 4 aromatic rings. The lowest BCUT2D eigenvalue weighted by atomic mass is 9.92. The number of fused-ring (bicyclic) bond motifs is 1. The number of benzene rings is 2. The maximum absolute atomic E-state index is 14.5. The molecule has 7 rings (SSSR count). The standard InChI is InChI=1S/C27H22Cl2FN3O5S/c28-15-2-1-3-16(29)19(15)22-20(23(38-32-22)13-4-5-13)25-36-12-27(37-25)6-8-33(9-7-27)26-31-21-17(30)10-14(24(34)35)11-18(21)39-26/h1-3,10-11,13,25H,4-9,12H2,(H,34,35). The van der Waals surface area contributed by atoms with Gasteiger partial charge in [0, 0.05) is 24.6 Å². The maximum atomic E-state index is 14.5. The van der Waals surface area contributed by atoms with Gasteiger partial charge in [0.2, 0.25) is 0 Å². The van der Waals surface area contributed by atoms with Gasteiger partial charge >= 0.3 is 5.97 Å². The van der Waals surface area contributed by atoms with E-state index in [2.05, 4.69) is 15.0 Å². The van der Waals surface area contributed by atoms with Gasteiger partial charge in [-0.2, -0.15) is 0 Å².